The fourth-order valence-electron chi connectivity index (χ4n) is 1.77. The van der Waals surface area contributed by atoms with Gasteiger partial charge in [-0.15, -0.1) is 0 Å². The lowest BCUT2D eigenvalue weighted by Gasteiger charge is -2.12. The van der Waals surface area contributed by atoms with Crippen molar-refractivity contribution in [2.75, 3.05) is 13.2 Å². The van der Waals surface area contributed by atoms with E-state index in [0.717, 1.165) is 19.3 Å². The van der Waals surface area contributed by atoms with Crippen LogP contribution in [0.25, 0.3) is 0 Å². The molecule has 4 nitrogen and oxygen atoms in total. The molecular weight excluding hydrogens is 168 g/mol. The number of hydrogen-bond donors (Lipinski definition) is 3. The highest BCUT2D eigenvalue weighted by Gasteiger charge is 2.24. The molecule has 2 atom stereocenters. The van der Waals surface area contributed by atoms with Crippen LogP contribution in [0.1, 0.15) is 26.2 Å². The van der Waals surface area contributed by atoms with Crippen LogP contribution in [0.4, 0.5) is 4.79 Å². The molecule has 1 aliphatic rings. The van der Waals surface area contributed by atoms with E-state index in [9.17, 15) is 4.79 Å². The Morgan fingerprint density at radius 2 is 2.31 bits per heavy atom. The van der Waals surface area contributed by atoms with Crippen LogP contribution in [0.15, 0.2) is 0 Å². The maximum atomic E-state index is 11.1. The number of aliphatic hydroxyl groups is 1. The molecule has 2 amide bonds. The molecular formula is C9H18N2O2. The molecule has 0 unspecified atom stereocenters. The molecule has 3 N–H and O–H groups in total. The number of carbonyl (C=O) groups is 1. The van der Waals surface area contributed by atoms with Gasteiger partial charge >= 0.3 is 6.03 Å². The van der Waals surface area contributed by atoms with Gasteiger partial charge in [0.05, 0.1) is 0 Å². The first-order valence-corrected chi connectivity index (χ1v) is 4.91. The molecule has 0 bridgehead atoms. The maximum Gasteiger partial charge on any atom is 0.314 e. The van der Waals surface area contributed by atoms with Crippen molar-refractivity contribution in [2.45, 2.75) is 32.2 Å². The van der Waals surface area contributed by atoms with Crippen LogP contribution >= 0.6 is 0 Å². The van der Waals surface area contributed by atoms with Crippen LogP contribution in [0.3, 0.4) is 0 Å². The Bertz CT molecular complexity index is 173. The quantitative estimate of drug-likeness (QED) is 0.600. The molecule has 0 spiro atoms. The first-order valence-electron chi connectivity index (χ1n) is 4.91. The van der Waals surface area contributed by atoms with Gasteiger partial charge in [0.15, 0.2) is 0 Å². The fraction of sp³-hybridized carbons (Fsp3) is 0.889. The van der Waals surface area contributed by atoms with Gasteiger partial charge in [-0.2, -0.15) is 0 Å². The summed E-state index contributed by atoms with van der Waals surface area (Å²) in [5.74, 6) is 0.381. The highest BCUT2D eigenvalue weighted by Crippen LogP contribution is 2.24. The monoisotopic (exact) mass is 186 g/mol. The first-order chi connectivity index (χ1) is 6.26. The van der Waals surface area contributed by atoms with Crippen LogP contribution in [-0.2, 0) is 0 Å². The van der Waals surface area contributed by atoms with Crippen LogP contribution in [-0.4, -0.2) is 30.3 Å². The summed E-state index contributed by atoms with van der Waals surface area (Å²) in [7, 11) is 0. The molecule has 1 saturated carbocycles. The highest BCUT2D eigenvalue weighted by molar-refractivity contribution is 5.74. The number of amides is 2. The molecule has 0 aromatic heterocycles. The average Bonchev–Trinajstić information content (AvgIpc) is 2.52. The van der Waals surface area contributed by atoms with Crippen molar-refractivity contribution in [3.05, 3.63) is 0 Å². The van der Waals surface area contributed by atoms with E-state index in [-0.39, 0.29) is 18.7 Å². The van der Waals surface area contributed by atoms with Crippen molar-refractivity contribution >= 4 is 6.03 Å². The first kappa shape index (κ1) is 10.3. The van der Waals surface area contributed by atoms with Crippen molar-refractivity contribution < 1.29 is 9.90 Å². The summed E-state index contributed by atoms with van der Waals surface area (Å²) in [4.78, 5) is 11.1. The van der Waals surface area contributed by atoms with E-state index in [1.54, 1.807) is 0 Å². The van der Waals surface area contributed by atoms with Gasteiger partial charge in [0.25, 0.3) is 0 Å². The zero-order valence-corrected chi connectivity index (χ0v) is 8.05. The van der Waals surface area contributed by atoms with E-state index in [1.165, 1.54) is 0 Å². The second kappa shape index (κ2) is 5.07. The van der Waals surface area contributed by atoms with Crippen LogP contribution in [0, 0.1) is 5.92 Å². The van der Waals surface area contributed by atoms with E-state index >= 15 is 0 Å². The lowest BCUT2D eigenvalue weighted by atomic mass is 10.1. The van der Waals surface area contributed by atoms with E-state index < -0.39 is 0 Å². The van der Waals surface area contributed by atoms with Crippen LogP contribution in [0.5, 0.6) is 0 Å². The third-order valence-electron chi connectivity index (χ3n) is 2.47. The third kappa shape index (κ3) is 3.22. The lowest BCUT2D eigenvalue weighted by molar-refractivity contribution is 0.223. The SMILES string of the molecule is CCNC(=O)N[C@@H]1CC[C@H](CO)C1. The molecule has 1 fully saturated rings. The van der Waals surface area contributed by atoms with E-state index in [1.807, 2.05) is 6.92 Å². The van der Waals surface area contributed by atoms with Crippen molar-refractivity contribution in [1.29, 1.82) is 0 Å². The maximum absolute atomic E-state index is 11.1. The summed E-state index contributed by atoms with van der Waals surface area (Å²) < 4.78 is 0. The Kier molecular flexibility index (Phi) is 4.02. The van der Waals surface area contributed by atoms with Crippen molar-refractivity contribution in [2.24, 2.45) is 5.92 Å². The molecule has 1 rings (SSSR count). The summed E-state index contributed by atoms with van der Waals surface area (Å²) in [6, 6.07) is 0.162. The Morgan fingerprint density at radius 3 is 2.85 bits per heavy atom. The molecule has 76 valence electrons. The summed E-state index contributed by atoms with van der Waals surface area (Å²) in [5.41, 5.74) is 0. The van der Waals surface area contributed by atoms with Gasteiger partial charge in [-0.25, -0.2) is 4.79 Å². The molecule has 0 aromatic rings. The fourth-order valence-corrected chi connectivity index (χ4v) is 1.77. The molecule has 13 heavy (non-hydrogen) atoms. The second-order valence-corrected chi connectivity index (χ2v) is 3.56. The van der Waals surface area contributed by atoms with Crippen molar-refractivity contribution in [3.63, 3.8) is 0 Å². The highest BCUT2D eigenvalue weighted by atomic mass is 16.3. The molecule has 0 aromatic carbocycles. The zero-order chi connectivity index (χ0) is 9.68. The van der Waals surface area contributed by atoms with Gasteiger partial charge in [0.1, 0.15) is 0 Å². The van der Waals surface area contributed by atoms with Crippen LogP contribution in [0.2, 0.25) is 0 Å². The molecule has 0 aliphatic heterocycles. The molecule has 0 saturated heterocycles. The van der Waals surface area contributed by atoms with Gasteiger partial charge in [0.2, 0.25) is 0 Å². The smallest absolute Gasteiger partial charge is 0.314 e. The molecule has 1 aliphatic carbocycles. The van der Waals surface area contributed by atoms with Crippen molar-refractivity contribution in [1.82, 2.24) is 10.6 Å². The molecule has 4 heteroatoms. The summed E-state index contributed by atoms with van der Waals surface area (Å²) in [6.45, 7) is 2.79. The predicted molar refractivity (Wildman–Crippen MR) is 50.4 cm³/mol. The Balaban J connectivity index is 2.19. The summed E-state index contributed by atoms with van der Waals surface area (Å²) >= 11 is 0. The van der Waals surface area contributed by atoms with Crippen LogP contribution < -0.4 is 10.6 Å². The minimum Gasteiger partial charge on any atom is -0.396 e. The van der Waals surface area contributed by atoms with E-state index in [0.29, 0.717) is 12.5 Å². The zero-order valence-electron chi connectivity index (χ0n) is 8.05. The average molecular weight is 186 g/mol. The lowest BCUT2D eigenvalue weighted by Crippen LogP contribution is -2.40. The second-order valence-electron chi connectivity index (χ2n) is 3.56. The van der Waals surface area contributed by atoms with Gasteiger partial charge in [0, 0.05) is 19.2 Å². The molecule has 0 radical (unpaired) electrons. The standard InChI is InChI=1S/C9H18N2O2/c1-2-10-9(13)11-8-4-3-7(5-8)6-12/h7-8,12H,2-6H2,1H3,(H2,10,11,13)/t7-,8+/m0/s1. The van der Waals surface area contributed by atoms with E-state index in [2.05, 4.69) is 10.6 Å². The minimum atomic E-state index is -0.0916. The van der Waals surface area contributed by atoms with E-state index in [4.69, 9.17) is 5.11 Å². The number of carbonyl (C=O) groups excluding carboxylic acids is 1. The number of nitrogens with one attached hydrogen (secondary N) is 2. The summed E-state index contributed by atoms with van der Waals surface area (Å²) in [5, 5.41) is 14.5. The van der Waals surface area contributed by atoms with Gasteiger partial charge in [-0.05, 0) is 32.1 Å². The topological polar surface area (TPSA) is 61.4 Å². The Labute approximate surface area is 78.7 Å². The molecule has 0 heterocycles. The minimum absolute atomic E-state index is 0.0916. The Morgan fingerprint density at radius 1 is 1.54 bits per heavy atom. The predicted octanol–water partition coefficient (Wildman–Crippen LogP) is 0.466. The number of rotatable bonds is 3. The van der Waals surface area contributed by atoms with Crippen molar-refractivity contribution in [3.8, 4) is 0 Å². The largest absolute Gasteiger partial charge is 0.396 e. The third-order valence-corrected chi connectivity index (χ3v) is 2.47. The summed E-state index contributed by atoms with van der Waals surface area (Å²) in [6.07, 6.45) is 2.92. The normalized spacial score (nSPS) is 27.2. The van der Waals surface area contributed by atoms with Gasteiger partial charge in [-0.3, -0.25) is 0 Å². The number of urea groups is 1. The van der Waals surface area contributed by atoms with Gasteiger partial charge in [-0.1, -0.05) is 0 Å². The number of hydrogen-bond acceptors (Lipinski definition) is 2. The van der Waals surface area contributed by atoms with Gasteiger partial charge < -0.3 is 15.7 Å². The Hall–Kier alpha value is -0.770. The number of aliphatic hydroxyl groups excluding tert-OH is 1.